The van der Waals surface area contributed by atoms with E-state index in [9.17, 15) is 15.3 Å². The Morgan fingerprint density at radius 3 is 2.64 bits per heavy atom. The molecule has 2 saturated carbocycles. The number of aromatic hydroxyl groups is 1. The number of hydrogen-bond acceptors (Lipinski definition) is 5. The van der Waals surface area contributed by atoms with Gasteiger partial charge in [-0.1, -0.05) is 38.3 Å². The van der Waals surface area contributed by atoms with E-state index in [0.717, 1.165) is 76.6 Å². The van der Waals surface area contributed by atoms with Gasteiger partial charge in [-0.3, -0.25) is 4.98 Å². The van der Waals surface area contributed by atoms with E-state index in [1.54, 1.807) is 0 Å². The Morgan fingerprint density at radius 2 is 1.90 bits per heavy atom. The van der Waals surface area contributed by atoms with Crippen molar-refractivity contribution in [3.8, 4) is 5.75 Å². The molecule has 1 heterocycles. The monoisotopic (exact) mass is 757 g/mol. The summed E-state index contributed by atoms with van der Waals surface area (Å²) in [6.45, 7) is 4.20. The average molecular weight is 759 g/mol. The van der Waals surface area contributed by atoms with Crippen LogP contribution in [-0.4, -0.2) is 39.6 Å². The number of halogens is 2. The van der Waals surface area contributed by atoms with Crippen molar-refractivity contribution in [3.63, 3.8) is 0 Å². The predicted octanol–water partition coefficient (Wildman–Crippen LogP) is 6.71. The number of aliphatic hydroxyl groups excluding tert-OH is 2. The Kier molecular flexibility index (Phi) is 11.6. The zero-order chi connectivity index (χ0) is 27.9. The van der Waals surface area contributed by atoms with Crippen molar-refractivity contribution in [1.82, 2.24) is 10.3 Å². The topological polar surface area (TPSA) is 85.6 Å². The number of rotatable bonds is 10. The molecule has 0 saturated heterocycles. The molecule has 0 radical (unpaired) electrons. The van der Waals surface area contributed by atoms with Crippen molar-refractivity contribution in [3.05, 3.63) is 59.4 Å². The zero-order valence-corrected chi connectivity index (χ0v) is 26.7. The quantitative estimate of drug-likeness (QED) is 0.203. The van der Waals surface area contributed by atoms with E-state index >= 15 is 0 Å². The summed E-state index contributed by atoms with van der Waals surface area (Å²) in [5.41, 5.74) is 3.34. The van der Waals surface area contributed by atoms with Crippen LogP contribution in [0, 0.1) is 22.7 Å². The van der Waals surface area contributed by atoms with Gasteiger partial charge in [-0.15, -0.1) is 0 Å². The van der Waals surface area contributed by atoms with Crippen molar-refractivity contribution in [2.45, 2.75) is 89.7 Å². The number of phenolic OH excluding ortho intramolecular Hbond substituents is 1. The van der Waals surface area contributed by atoms with Crippen molar-refractivity contribution >= 4 is 18.8 Å². The summed E-state index contributed by atoms with van der Waals surface area (Å²) in [5, 5.41) is 35.7. The van der Waals surface area contributed by atoms with Crippen LogP contribution >= 0.6 is 18.8 Å². The molecule has 0 bridgehead atoms. The van der Waals surface area contributed by atoms with E-state index in [-0.39, 0.29) is 17.4 Å². The molecule has 8 heteroatoms. The van der Waals surface area contributed by atoms with Crippen LogP contribution in [0.25, 0.3) is 0 Å². The van der Waals surface area contributed by atoms with Crippen LogP contribution in [0.3, 0.4) is 0 Å². The summed E-state index contributed by atoms with van der Waals surface area (Å²) in [6.07, 6.45) is 12.0. The average Bonchev–Trinajstić information content (AvgIpc) is 3.18. The fourth-order valence-electron chi connectivity index (χ4n) is 8.16. The normalized spacial score (nSPS) is 31.1. The predicted molar refractivity (Wildman–Crippen MR) is 154 cm³/mol. The molecule has 0 aliphatic heterocycles. The van der Waals surface area contributed by atoms with Crippen molar-refractivity contribution < 1.29 is 31.8 Å². The molecular formula is C31H44Cl2N2O3Pt. The SMILES string of the molecule is C[C@]12CCC3c4ccc(O)cc4CCC3C1C[C@@](CO)(CCCCCCNCc1ccccn1)[C@@H]2O.[Cl][Pt][Cl]. The van der Waals surface area contributed by atoms with Crippen LogP contribution in [-0.2, 0) is 29.4 Å². The van der Waals surface area contributed by atoms with E-state index in [1.165, 1.54) is 17.5 Å². The van der Waals surface area contributed by atoms with Crippen LogP contribution in [0.4, 0.5) is 0 Å². The van der Waals surface area contributed by atoms with Gasteiger partial charge in [0.15, 0.2) is 0 Å². The second-order valence-electron chi connectivity index (χ2n) is 12.2. The number of unbranched alkanes of at least 4 members (excludes halogenated alkanes) is 3. The number of aryl methyl sites for hydroxylation is 1. The number of aromatic nitrogens is 1. The molecule has 1 aromatic carbocycles. The van der Waals surface area contributed by atoms with Gasteiger partial charge in [0.1, 0.15) is 5.75 Å². The van der Waals surface area contributed by atoms with Gasteiger partial charge in [0.25, 0.3) is 0 Å². The number of fused-ring (bicyclic) bond motifs is 5. The number of aliphatic hydroxyl groups is 2. The van der Waals surface area contributed by atoms with E-state index in [0.29, 0.717) is 23.5 Å². The van der Waals surface area contributed by atoms with Gasteiger partial charge in [-0.25, -0.2) is 0 Å². The molecule has 3 aliphatic carbocycles. The van der Waals surface area contributed by atoms with Crippen LogP contribution < -0.4 is 5.32 Å². The van der Waals surface area contributed by atoms with Gasteiger partial charge in [0.05, 0.1) is 18.4 Å². The second kappa shape index (κ2) is 14.5. The molecule has 0 spiro atoms. The molecule has 5 nitrogen and oxygen atoms in total. The molecule has 1 aromatic heterocycles. The van der Waals surface area contributed by atoms with Crippen LogP contribution in [0.1, 0.15) is 87.4 Å². The third-order valence-corrected chi connectivity index (χ3v) is 10.1. The van der Waals surface area contributed by atoms with Gasteiger partial charge in [-0.05, 0) is 110 Å². The van der Waals surface area contributed by atoms with Gasteiger partial charge < -0.3 is 20.6 Å². The van der Waals surface area contributed by atoms with Gasteiger partial charge in [0, 0.05) is 18.2 Å². The standard InChI is InChI=1S/C31H44N2O3.2ClH.Pt/c1-30-15-13-26-25-12-10-24(35)18-22(25)9-11-27(26)28(30)19-31(21-34,29(30)36)14-5-2-3-6-16-32-20-23-8-4-7-17-33-23;;;/h4,7-8,10,12,17-18,26-29,32,34-36H,2-3,5-6,9,11,13-16,19-21H2,1H3;2*1H;/q;;;+2/p-2/t26?,27?,28?,29-,30+,31-;;;/m1.../s1. The van der Waals surface area contributed by atoms with Crippen LogP contribution in [0.15, 0.2) is 42.6 Å². The molecule has 6 atom stereocenters. The molecular weight excluding hydrogens is 714 g/mol. The van der Waals surface area contributed by atoms with E-state index in [2.05, 4.69) is 23.3 Å². The summed E-state index contributed by atoms with van der Waals surface area (Å²) in [5.74, 6) is 1.91. The first-order chi connectivity index (χ1) is 18.9. The molecule has 220 valence electrons. The molecule has 2 fully saturated rings. The molecule has 4 N–H and O–H groups in total. The number of hydrogen-bond donors (Lipinski definition) is 4. The van der Waals surface area contributed by atoms with Gasteiger partial charge in [-0.2, -0.15) is 0 Å². The number of phenols is 1. The fourth-order valence-corrected chi connectivity index (χ4v) is 8.16. The van der Waals surface area contributed by atoms with Crippen molar-refractivity contribution in [2.24, 2.45) is 22.7 Å². The number of nitrogens with one attached hydrogen (secondary N) is 1. The number of benzene rings is 1. The van der Waals surface area contributed by atoms with Crippen LogP contribution in [0.5, 0.6) is 5.75 Å². The molecule has 3 aliphatic rings. The second-order valence-corrected chi connectivity index (χ2v) is 15.5. The van der Waals surface area contributed by atoms with E-state index in [1.807, 2.05) is 36.5 Å². The first kappa shape index (κ1) is 31.3. The Balaban J connectivity index is 0.00000112. The van der Waals surface area contributed by atoms with Gasteiger partial charge >= 0.3 is 35.3 Å². The Morgan fingerprint density at radius 1 is 1.10 bits per heavy atom. The summed E-state index contributed by atoms with van der Waals surface area (Å²) < 4.78 is 0. The Bertz CT molecular complexity index is 1050. The maximum absolute atomic E-state index is 11.7. The third kappa shape index (κ3) is 7.04. The molecule has 39 heavy (non-hydrogen) atoms. The van der Waals surface area contributed by atoms with Gasteiger partial charge in [0.2, 0.25) is 0 Å². The summed E-state index contributed by atoms with van der Waals surface area (Å²) in [7, 11) is 9.75. The van der Waals surface area contributed by atoms with E-state index < -0.39 is 22.6 Å². The molecule has 0 amide bonds. The van der Waals surface area contributed by atoms with Crippen LogP contribution in [0.2, 0.25) is 0 Å². The number of nitrogens with zero attached hydrogens (tertiary/aromatic N) is 1. The minimum absolute atomic E-state index is 0.0910. The van der Waals surface area contributed by atoms with Crippen molar-refractivity contribution in [2.75, 3.05) is 13.2 Å². The first-order valence-electron chi connectivity index (χ1n) is 14.4. The van der Waals surface area contributed by atoms with E-state index in [4.69, 9.17) is 18.8 Å². The number of pyridine rings is 1. The third-order valence-electron chi connectivity index (χ3n) is 10.1. The Hall–Kier alpha value is -0.682. The molecule has 5 rings (SSSR count). The summed E-state index contributed by atoms with van der Waals surface area (Å²) in [6, 6.07) is 11.9. The fraction of sp³-hybridized carbons (Fsp3) is 0.645. The summed E-state index contributed by atoms with van der Waals surface area (Å²) in [4.78, 5) is 4.35. The Labute approximate surface area is 250 Å². The van der Waals surface area contributed by atoms with Crippen molar-refractivity contribution in [1.29, 1.82) is 0 Å². The first-order valence-corrected chi connectivity index (χ1v) is 20.1. The maximum atomic E-state index is 11.7. The summed E-state index contributed by atoms with van der Waals surface area (Å²) >= 11 is -0.472. The molecule has 2 aromatic rings. The minimum atomic E-state index is -0.472. The zero-order valence-electron chi connectivity index (χ0n) is 22.9. The molecule has 3 unspecified atom stereocenters.